The van der Waals surface area contributed by atoms with Gasteiger partial charge in [0.15, 0.2) is 23.0 Å². The molecule has 0 aromatic heterocycles. The van der Waals surface area contributed by atoms with Crippen molar-refractivity contribution >= 4 is 139 Å². The molecule has 8 aromatic carbocycles. The van der Waals surface area contributed by atoms with E-state index in [0.29, 0.717) is 47.5 Å². The van der Waals surface area contributed by atoms with Crippen molar-refractivity contribution in [2.75, 3.05) is 31.7 Å². The number of phenolic OH excluding ortho intramolecular Hbond substituents is 2. The Bertz CT molecular complexity index is 4770. The van der Waals surface area contributed by atoms with Crippen LogP contribution in [0.25, 0.3) is 21.5 Å². The number of phenols is 2. The number of azo groups is 4. The van der Waals surface area contributed by atoms with E-state index in [4.69, 9.17) is 9.47 Å². The van der Waals surface area contributed by atoms with Crippen LogP contribution in [-0.4, -0.2) is 125 Å². The van der Waals surface area contributed by atoms with Crippen LogP contribution in [0.15, 0.2) is 179 Å². The fourth-order valence-electron chi connectivity index (χ4n) is 8.30. The summed E-state index contributed by atoms with van der Waals surface area (Å²) < 4.78 is 218. The zero-order chi connectivity index (χ0) is 65.3. The van der Waals surface area contributed by atoms with Gasteiger partial charge in [-0.1, -0.05) is 0 Å². The fourth-order valence-corrected chi connectivity index (χ4v) is 11.8. The summed E-state index contributed by atoms with van der Waals surface area (Å²) in [4.78, 5) is -5.49. The first kappa shape index (κ1) is 66.0. The number of aliphatic hydroxyl groups is 2. The number of ether oxygens (including phenoxy) is 2. The molecule has 8 aromatic rings. The molecule has 33 nitrogen and oxygen atoms in total. The van der Waals surface area contributed by atoms with Gasteiger partial charge in [0.1, 0.15) is 78.3 Å². The highest BCUT2D eigenvalue weighted by molar-refractivity contribution is 7.87. The van der Waals surface area contributed by atoms with Crippen molar-refractivity contribution in [3.63, 3.8) is 0 Å². The van der Waals surface area contributed by atoms with E-state index < -0.39 is 151 Å². The molecule has 0 amide bonds. The molecule has 468 valence electrons. The minimum absolute atomic E-state index is 0.0424. The predicted octanol–water partition coefficient (Wildman–Crippen LogP) is 9.65. The molecule has 8 rings (SSSR count). The van der Waals surface area contributed by atoms with Gasteiger partial charge in [0.2, 0.25) is 0 Å². The molecule has 0 heterocycles. The normalized spacial score (nSPS) is 13.0. The summed E-state index contributed by atoms with van der Waals surface area (Å²) in [5, 5.41) is 76.3. The number of aryl methyl sites for hydroxylation is 2. The Balaban J connectivity index is 1.14. The lowest BCUT2D eigenvalue weighted by atomic mass is 10.1. The first-order chi connectivity index (χ1) is 41.5. The van der Waals surface area contributed by atoms with E-state index in [1.54, 1.807) is 0 Å². The van der Waals surface area contributed by atoms with Gasteiger partial charge in [-0.3, -0.25) is 27.3 Å². The molecule has 0 aliphatic heterocycles. The average molecular weight is 1350 g/mol. The number of hydrogen-bond donors (Lipinski definition) is 11. The van der Waals surface area contributed by atoms with Gasteiger partial charge in [-0.25, -0.2) is 0 Å². The highest BCUT2D eigenvalue weighted by atomic mass is 32.2. The number of hydrogen-bond acceptors (Lipinski definition) is 27. The van der Waals surface area contributed by atoms with Crippen molar-refractivity contribution in [2.24, 2.45) is 40.9 Å². The maximum atomic E-state index is 12.9. The molecule has 11 N–H and O–H groups in total. The van der Waals surface area contributed by atoms with Crippen molar-refractivity contribution in [1.29, 1.82) is 0 Å². The molecule has 0 saturated heterocycles. The van der Waals surface area contributed by atoms with Crippen LogP contribution in [0.4, 0.5) is 56.9 Å². The zero-order valence-electron chi connectivity index (χ0n) is 44.9. The third-order valence-electron chi connectivity index (χ3n) is 12.1. The van der Waals surface area contributed by atoms with Crippen LogP contribution in [0.5, 0.6) is 23.0 Å². The van der Waals surface area contributed by atoms with Crippen molar-refractivity contribution < 1.29 is 108 Å². The number of nitrogens with zero attached hydrogens (tertiary/aromatic N) is 8. The van der Waals surface area contributed by atoms with Crippen LogP contribution in [0.1, 0.15) is 11.1 Å². The molecule has 0 unspecified atom stereocenters. The fraction of sp³-hybridized carbons (Fsp3) is 0.120. The molecule has 0 bridgehead atoms. The average Bonchev–Trinajstić information content (AvgIpc) is 0.814. The molecular formula is C50H43N9O24S6. The van der Waals surface area contributed by atoms with Crippen molar-refractivity contribution in [3.05, 3.63) is 120 Å². The predicted molar refractivity (Wildman–Crippen MR) is 311 cm³/mol. The highest BCUT2D eigenvalue weighted by Crippen LogP contribution is 2.48. The van der Waals surface area contributed by atoms with Gasteiger partial charge in [0.05, 0.1) is 23.0 Å². The second-order valence-electron chi connectivity index (χ2n) is 18.5. The summed E-state index contributed by atoms with van der Waals surface area (Å²) in [7, 11) is -30.5. The summed E-state index contributed by atoms with van der Waals surface area (Å²) in [6.45, 7) is 0.838. The Labute approximate surface area is 503 Å². The van der Waals surface area contributed by atoms with Gasteiger partial charge < -0.3 is 35.2 Å². The van der Waals surface area contributed by atoms with Crippen molar-refractivity contribution in [3.8, 4) is 23.0 Å². The van der Waals surface area contributed by atoms with Crippen LogP contribution in [0.3, 0.4) is 0 Å². The number of rotatable bonds is 22. The lowest BCUT2D eigenvalue weighted by Crippen LogP contribution is -2.02. The number of aliphatic hydroxyl groups excluding tert-OH is 2. The molecule has 0 radical (unpaired) electrons. The van der Waals surface area contributed by atoms with E-state index in [-0.39, 0.29) is 67.2 Å². The van der Waals surface area contributed by atoms with Crippen LogP contribution in [0, 0.1) is 13.8 Å². The minimum atomic E-state index is -5.27. The smallest absolute Gasteiger partial charge is 0.296 e. The molecule has 39 heteroatoms. The minimum Gasteiger partial charge on any atom is -0.505 e. The number of nitrogens with one attached hydrogen (secondary N) is 1. The molecule has 0 fully saturated rings. The van der Waals surface area contributed by atoms with E-state index in [2.05, 4.69) is 46.2 Å². The maximum Gasteiger partial charge on any atom is 0.296 e. The molecule has 89 heavy (non-hydrogen) atoms. The second kappa shape index (κ2) is 25.3. The molecule has 0 atom stereocenters. The molecule has 0 spiro atoms. The Hall–Kier alpha value is -8.94. The number of fused-ring (bicyclic) bond motifs is 2. The second-order valence-corrected chi connectivity index (χ2v) is 26.9. The SMILES string of the molecule is Cc1cc(/N=N/c2cc(S(=O)(=O)O)ccc2S(=O)(=O)O)c(OCCO)c(/N=N/c2c(S(=O)(=O)O)cc3cc(Nc4ccc5c(O)c(/N=N/c6cc(C)cc(/N=N/c7cc(S(=O)(=O)O)ccc7S(=O)(=O)O)c6OCCO)c(S(=O)(=O)O)cc5c4)ccc3c2O)c1. The lowest BCUT2D eigenvalue weighted by molar-refractivity contribution is 0.202. The third-order valence-corrected chi connectivity index (χ3v) is 17.3. The lowest BCUT2D eigenvalue weighted by Gasteiger charge is -2.14. The number of anilines is 2. The van der Waals surface area contributed by atoms with Crippen LogP contribution >= 0.6 is 0 Å². The van der Waals surface area contributed by atoms with Crippen molar-refractivity contribution in [2.45, 2.75) is 43.2 Å². The quantitative estimate of drug-likeness (QED) is 0.0222. The summed E-state index contributed by atoms with van der Waals surface area (Å²) in [5.41, 5.74) is -3.42. The highest BCUT2D eigenvalue weighted by Gasteiger charge is 2.27. The largest absolute Gasteiger partial charge is 0.505 e. The Kier molecular flexibility index (Phi) is 18.7. The van der Waals surface area contributed by atoms with Gasteiger partial charge in [0.25, 0.3) is 60.7 Å². The topological polar surface area (TPSA) is 537 Å². The van der Waals surface area contributed by atoms with Crippen LogP contribution in [-0.2, 0) is 60.7 Å². The summed E-state index contributed by atoms with van der Waals surface area (Å²) in [6.07, 6.45) is 0. The van der Waals surface area contributed by atoms with Crippen LogP contribution < -0.4 is 14.8 Å². The Morgan fingerprint density at radius 2 is 0.685 bits per heavy atom. The van der Waals surface area contributed by atoms with Crippen LogP contribution in [0.2, 0.25) is 0 Å². The third kappa shape index (κ3) is 15.3. The van der Waals surface area contributed by atoms with Gasteiger partial charge in [0, 0.05) is 22.1 Å². The van der Waals surface area contributed by atoms with Gasteiger partial charge in [-0.15, -0.1) is 40.9 Å². The number of benzene rings is 8. The zero-order valence-corrected chi connectivity index (χ0v) is 49.8. The first-order valence-corrected chi connectivity index (χ1v) is 33.0. The van der Waals surface area contributed by atoms with E-state index in [9.17, 15) is 98.2 Å². The Morgan fingerprint density at radius 1 is 0.371 bits per heavy atom. The monoisotopic (exact) mass is 1350 g/mol. The Morgan fingerprint density at radius 3 is 0.989 bits per heavy atom. The van der Waals surface area contributed by atoms with Crippen molar-refractivity contribution in [1.82, 2.24) is 0 Å². The van der Waals surface area contributed by atoms with E-state index in [1.165, 1.54) is 74.5 Å². The number of aromatic hydroxyl groups is 2. The molecule has 0 aliphatic rings. The molecular weight excluding hydrogens is 1300 g/mol. The molecule has 0 saturated carbocycles. The maximum absolute atomic E-state index is 12.9. The standard InChI is InChI=1S/C50H43N9O24S6/c1-25-15-37(54-52-35-23-31(84(64,65)66)5-9-41(35)86(70,71)72)49(82-13-11-60)39(17-25)56-58-45-43(88(76,77)78)21-27-19-29(3-7-33(27)47(45)62)51-30-4-8-34-28(20-30)22-44(89(79,80)81)46(48(34)63)59-57-40-18-26(2)16-38(50(40)83-14-12-61)55-53-36-24-32(85(67,68)69)6-10-42(36)87(73,74)75/h3-10,15-24,51,60-63H,11-14H2,1-2H3,(H,64,65,66)(H,67,68,69)(H,70,71,72)(H,73,74,75)(H,76,77,78)(H,79,80,81)/b54-52+,55-53+,58-56+,59-57+. The summed E-state index contributed by atoms with van der Waals surface area (Å²) >= 11 is 0. The van der Waals surface area contributed by atoms with E-state index in [0.717, 1.165) is 12.1 Å². The van der Waals surface area contributed by atoms with E-state index >= 15 is 0 Å². The van der Waals surface area contributed by atoms with Gasteiger partial charge in [-0.05, 0) is 145 Å². The van der Waals surface area contributed by atoms with Gasteiger partial charge in [-0.2, -0.15) is 50.5 Å². The first-order valence-electron chi connectivity index (χ1n) is 24.4. The molecule has 0 aliphatic carbocycles. The summed E-state index contributed by atoms with van der Waals surface area (Å²) in [6, 6.07) is 18.8. The van der Waals surface area contributed by atoms with Gasteiger partial charge >= 0.3 is 0 Å². The van der Waals surface area contributed by atoms with E-state index in [1.807, 2.05) is 0 Å². The summed E-state index contributed by atoms with van der Waals surface area (Å²) in [5.74, 6) is -2.42.